The van der Waals surface area contributed by atoms with Gasteiger partial charge < -0.3 is 15.8 Å². The molecule has 0 fully saturated rings. The van der Waals surface area contributed by atoms with Crippen LogP contribution in [0.1, 0.15) is 27.2 Å². The molecule has 1 amide bonds. The molecule has 4 nitrogen and oxygen atoms in total. The molecule has 0 aromatic heterocycles. The van der Waals surface area contributed by atoms with E-state index in [1.165, 1.54) is 0 Å². The highest BCUT2D eigenvalue weighted by Gasteiger charge is 2.15. The second-order valence-electron chi connectivity index (χ2n) is 4.15. The smallest absolute Gasteiger partial charge is 0.260 e. The van der Waals surface area contributed by atoms with Crippen LogP contribution in [0.15, 0.2) is 24.3 Å². The maximum absolute atomic E-state index is 11.7. The van der Waals surface area contributed by atoms with Gasteiger partial charge in [0, 0.05) is 17.8 Å². The van der Waals surface area contributed by atoms with Gasteiger partial charge in [-0.25, -0.2) is 0 Å². The van der Waals surface area contributed by atoms with Gasteiger partial charge in [-0.1, -0.05) is 13.0 Å². The topological polar surface area (TPSA) is 64.3 Å². The number of amides is 1. The molecule has 94 valence electrons. The van der Waals surface area contributed by atoms with Crippen molar-refractivity contribution >= 4 is 11.6 Å². The number of anilines is 1. The fraction of sp³-hybridized carbons (Fsp3) is 0.462. The Kier molecular flexibility index (Phi) is 4.82. The molecule has 0 aliphatic rings. The van der Waals surface area contributed by atoms with Crippen molar-refractivity contribution in [1.29, 1.82) is 0 Å². The zero-order valence-corrected chi connectivity index (χ0v) is 10.6. The first kappa shape index (κ1) is 13.4. The number of nitrogens with two attached hydrogens (primary N) is 1. The lowest BCUT2D eigenvalue weighted by molar-refractivity contribution is -0.127. The van der Waals surface area contributed by atoms with E-state index in [1.807, 2.05) is 13.8 Å². The molecular formula is C13H20N2O2. The van der Waals surface area contributed by atoms with E-state index in [9.17, 15) is 4.79 Å². The fourth-order valence-electron chi connectivity index (χ4n) is 1.31. The van der Waals surface area contributed by atoms with Gasteiger partial charge >= 0.3 is 0 Å². The minimum Gasteiger partial charge on any atom is -0.481 e. The van der Waals surface area contributed by atoms with Crippen LogP contribution in [0, 0.1) is 0 Å². The molecule has 0 aliphatic carbocycles. The van der Waals surface area contributed by atoms with Crippen molar-refractivity contribution in [2.45, 2.75) is 39.3 Å². The van der Waals surface area contributed by atoms with Crippen LogP contribution < -0.4 is 15.8 Å². The van der Waals surface area contributed by atoms with Crippen molar-refractivity contribution < 1.29 is 9.53 Å². The van der Waals surface area contributed by atoms with Crippen molar-refractivity contribution in [2.24, 2.45) is 0 Å². The van der Waals surface area contributed by atoms with Gasteiger partial charge in [0.1, 0.15) is 5.75 Å². The van der Waals surface area contributed by atoms with Crippen LogP contribution in [-0.4, -0.2) is 18.1 Å². The van der Waals surface area contributed by atoms with Crippen molar-refractivity contribution in [3.63, 3.8) is 0 Å². The summed E-state index contributed by atoms with van der Waals surface area (Å²) in [6.45, 7) is 5.71. The summed E-state index contributed by atoms with van der Waals surface area (Å²) < 4.78 is 5.51. The van der Waals surface area contributed by atoms with E-state index in [4.69, 9.17) is 10.5 Å². The second-order valence-corrected chi connectivity index (χ2v) is 4.15. The molecule has 1 aromatic rings. The van der Waals surface area contributed by atoms with E-state index < -0.39 is 6.10 Å². The molecule has 2 atom stereocenters. The number of hydrogen-bond donors (Lipinski definition) is 2. The number of nitrogen functional groups attached to an aromatic ring is 1. The van der Waals surface area contributed by atoms with E-state index in [2.05, 4.69) is 5.32 Å². The third-order valence-electron chi connectivity index (χ3n) is 2.54. The predicted molar refractivity (Wildman–Crippen MR) is 68.8 cm³/mol. The van der Waals surface area contributed by atoms with Gasteiger partial charge in [0.2, 0.25) is 0 Å². The molecule has 0 bridgehead atoms. The third-order valence-corrected chi connectivity index (χ3v) is 2.54. The van der Waals surface area contributed by atoms with Gasteiger partial charge in [0.05, 0.1) is 0 Å². The highest BCUT2D eigenvalue weighted by Crippen LogP contribution is 2.16. The molecule has 0 saturated carbocycles. The normalized spacial score (nSPS) is 13.8. The molecule has 3 N–H and O–H groups in total. The van der Waals surface area contributed by atoms with Crippen LogP contribution in [0.3, 0.4) is 0 Å². The average molecular weight is 236 g/mol. The molecule has 0 aliphatic heterocycles. The van der Waals surface area contributed by atoms with Crippen molar-refractivity contribution in [1.82, 2.24) is 5.32 Å². The van der Waals surface area contributed by atoms with Gasteiger partial charge in [-0.05, 0) is 32.4 Å². The fourth-order valence-corrected chi connectivity index (χ4v) is 1.31. The Balaban J connectivity index is 2.54. The Morgan fingerprint density at radius 2 is 2.18 bits per heavy atom. The number of carbonyl (C=O) groups excluding carboxylic acids is 1. The van der Waals surface area contributed by atoms with Crippen molar-refractivity contribution in [2.75, 3.05) is 5.73 Å². The second kappa shape index (κ2) is 6.13. The standard InChI is InChI=1S/C13H20N2O2/c1-4-9(2)15-13(16)10(3)17-12-7-5-6-11(14)8-12/h5-10H,4,14H2,1-3H3,(H,15,16)/t9-,10+/m1/s1. The summed E-state index contributed by atoms with van der Waals surface area (Å²) in [6.07, 6.45) is 0.377. The maximum atomic E-state index is 11.7. The molecule has 0 spiro atoms. The Morgan fingerprint density at radius 1 is 1.47 bits per heavy atom. The quantitative estimate of drug-likeness (QED) is 0.768. The number of ether oxygens (including phenoxy) is 1. The van der Waals surface area contributed by atoms with Crippen LogP contribution in [0.4, 0.5) is 5.69 Å². The summed E-state index contributed by atoms with van der Waals surface area (Å²) in [7, 11) is 0. The van der Waals surface area contributed by atoms with Gasteiger partial charge in [-0.15, -0.1) is 0 Å². The first-order chi connectivity index (χ1) is 8.02. The molecule has 0 heterocycles. The zero-order valence-electron chi connectivity index (χ0n) is 10.6. The first-order valence-electron chi connectivity index (χ1n) is 5.85. The average Bonchev–Trinajstić information content (AvgIpc) is 2.28. The summed E-state index contributed by atoms with van der Waals surface area (Å²) in [5.74, 6) is 0.499. The molecule has 1 aromatic carbocycles. The molecule has 17 heavy (non-hydrogen) atoms. The minimum absolute atomic E-state index is 0.109. The van der Waals surface area contributed by atoms with E-state index >= 15 is 0 Å². The van der Waals surface area contributed by atoms with E-state index in [1.54, 1.807) is 31.2 Å². The van der Waals surface area contributed by atoms with Crippen LogP contribution in [-0.2, 0) is 4.79 Å². The van der Waals surface area contributed by atoms with Gasteiger partial charge in [-0.3, -0.25) is 4.79 Å². The predicted octanol–water partition coefficient (Wildman–Crippen LogP) is 1.95. The SMILES string of the molecule is CC[C@@H](C)NC(=O)[C@H](C)Oc1cccc(N)c1. The lowest BCUT2D eigenvalue weighted by atomic mass is 10.2. The Morgan fingerprint density at radius 3 is 2.76 bits per heavy atom. The van der Waals surface area contributed by atoms with Gasteiger partial charge in [0.25, 0.3) is 5.91 Å². The monoisotopic (exact) mass is 236 g/mol. The molecule has 0 saturated heterocycles. The zero-order chi connectivity index (χ0) is 12.8. The van der Waals surface area contributed by atoms with E-state index in [-0.39, 0.29) is 11.9 Å². The highest BCUT2D eigenvalue weighted by molar-refractivity contribution is 5.81. The van der Waals surface area contributed by atoms with Crippen LogP contribution >= 0.6 is 0 Å². The summed E-state index contributed by atoms with van der Waals surface area (Å²) in [4.78, 5) is 11.7. The van der Waals surface area contributed by atoms with E-state index in [0.29, 0.717) is 11.4 Å². The number of rotatable bonds is 5. The van der Waals surface area contributed by atoms with E-state index in [0.717, 1.165) is 6.42 Å². The largest absolute Gasteiger partial charge is 0.481 e. The molecule has 1 rings (SSSR count). The highest BCUT2D eigenvalue weighted by atomic mass is 16.5. The molecule has 4 heteroatoms. The Hall–Kier alpha value is -1.71. The minimum atomic E-state index is -0.522. The van der Waals surface area contributed by atoms with Crippen LogP contribution in [0.25, 0.3) is 0 Å². The molecule has 0 radical (unpaired) electrons. The van der Waals surface area contributed by atoms with Crippen molar-refractivity contribution in [3.8, 4) is 5.75 Å². The van der Waals surface area contributed by atoms with Gasteiger partial charge in [0.15, 0.2) is 6.10 Å². The number of benzene rings is 1. The summed E-state index contributed by atoms with van der Waals surface area (Å²) in [5, 5.41) is 2.87. The van der Waals surface area contributed by atoms with Gasteiger partial charge in [-0.2, -0.15) is 0 Å². The first-order valence-corrected chi connectivity index (χ1v) is 5.85. The lowest BCUT2D eigenvalue weighted by Crippen LogP contribution is -2.40. The number of nitrogens with one attached hydrogen (secondary N) is 1. The molecular weight excluding hydrogens is 216 g/mol. The van der Waals surface area contributed by atoms with Crippen LogP contribution in [0.2, 0.25) is 0 Å². The molecule has 0 unspecified atom stereocenters. The number of carbonyl (C=O) groups is 1. The summed E-state index contributed by atoms with van der Waals surface area (Å²) in [6, 6.07) is 7.21. The number of hydrogen-bond acceptors (Lipinski definition) is 3. The Bertz CT molecular complexity index is 379. The third kappa shape index (κ3) is 4.34. The Labute approximate surface area is 102 Å². The van der Waals surface area contributed by atoms with Crippen molar-refractivity contribution in [3.05, 3.63) is 24.3 Å². The summed E-state index contributed by atoms with van der Waals surface area (Å²) >= 11 is 0. The van der Waals surface area contributed by atoms with Crippen LogP contribution in [0.5, 0.6) is 5.75 Å². The lowest BCUT2D eigenvalue weighted by Gasteiger charge is -2.17. The maximum Gasteiger partial charge on any atom is 0.260 e. The summed E-state index contributed by atoms with van der Waals surface area (Å²) in [5.41, 5.74) is 6.25.